The third kappa shape index (κ3) is 11.0. The van der Waals surface area contributed by atoms with Gasteiger partial charge in [0.25, 0.3) is 0 Å². The largest absolute Gasteiger partial charge is 0.405 e. The number of rotatable bonds is 7. The van der Waals surface area contributed by atoms with Gasteiger partial charge in [-0.3, -0.25) is 9.59 Å². The van der Waals surface area contributed by atoms with E-state index in [1.165, 1.54) is 0 Å². The third-order valence-corrected chi connectivity index (χ3v) is 1.92. The molecule has 2 N–H and O–H groups in total. The summed E-state index contributed by atoms with van der Waals surface area (Å²) in [5.74, 6) is -0.909. The van der Waals surface area contributed by atoms with Crippen LogP contribution in [-0.2, 0) is 9.59 Å². The second-order valence-electron chi connectivity index (χ2n) is 3.60. The molecule has 0 atom stereocenters. The van der Waals surface area contributed by atoms with Gasteiger partial charge in [0.15, 0.2) is 0 Å². The molecule has 0 bridgehead atoms. The monoisotopic (exact) mass is 254 g/mol. The summed E-state index contributed by atoms with van der Waals surface area (Å²) < 4.78 is 35.2. The van der Waals surface area contributed by atoms with Crippen LogP contribution in [0.2, 0.25) is 0 Å². The molecule has 0 aromatic carbocycles. The average Bonchev–Trinajstić information content (AvgIpc) is 2.22. The molecule has 0 saturated heterocycles. The number of hydrogen-bond acceptors (Lipinski definition) is 2. The van der Waals surface area contributed by atoms with Crippen LogP contribution in [0.3, 0.4) is 0 Å². The summed E-state index contributed by atoms with van der Waals surface area (Å²) in [4.78, 5) is 22.0. The molecule has 7 heteroatoms. The van der Waals surface area contributed by atoms with Gasteiger partial charge in [-0.25, -0.2) is 0 Å². The molecule has 100 valence electrons. The van der Waals surface area contributed by atoms with Crippen molar-refractivity contribution >= 4 is 11.8 Å². The summed E-state index contributed by atoms with van der Waals surface area (Å²) in [6.45, 7) is 0.666. The van der Waals surface area contributed by atoms with Crippen LogP contribution in [0.25, 0.3) is 0 Å². The zero-order valence-corrected chi connectivity index (χ0v) is 9.69. The van der Waals surface area contributed by atoms with E-state index in [0.29, 0.717) is 6.42 Å². The Morgan fingerprint density at radius 2 is 1.65 bits per heavy atom. The zero-order valence-electron chi connectivity index (χ0n) is 9.69. The lowest BCUT2D eigenvalue weighted by atomic mass is 10.2. The first kappa shape index (κ1) is 15.7. The molecule has 0 aliphatic rings. The first-order valence-electron chi connectivity index (χ1n) is 5.45. The summed E-state index contributed by atoms with van der Waals surface area (Å²) in [6.07, 6.45) is -2.53. The second kappa shape index (κ2) is 7.92. The van der Waals surface area contributed by atoms with E-state index in [2.05, 4.69) is 5.32 Å². The predicted molar refractivity (Wildman–Crippen MR) is 56.2 cm³/mol. The number of nitrogens with one attached hydrogen (secondary N) is 2. The van der Waals surface area contributed by atoms with Crippen molar-refractivity contribution < 1.29 is 22.8 Å². The summed E-state index contributed by atoms with van der Waals surface area (Å²) in [6, 6.07) is 0. The number of halogens is 3. The van der Waals surface area contributed by atoms with Crippen LogP contribution in [-0.4, -0.2) is 31.1 Å². The van der Waals surface area contributed by atoms with Crippen LogP contribution >= 0.6 is 0 Å². The molecule has 0 saturated carbocycles. The van der Waals surface area contributed by atoms with Gasteiger partial charge in [-0.1, -0.05) is 13.3 Å². The lowest BCUT2D eigenvalue weighted by Gasteiger charge is -2.08. The standard InChI is InChI=1S/C10H17F3N2O2/c1-2-3-4-8(16)14-6-5-9(17)15-7-10(11,12)13/h2-7H2,1H3,(H,14,16)(H,15,17). The number of unbranched alkanes of at least 4 members (excludes halogenated alkanes) is 1. The number of carbonyl (C=O) groups is 2. The molecular weight excluding hydrogens is 237 g/mol. The molecule has 0 fully saturated rings. The van der Waals surface area contributed by atoms with Gasteiger partial charge in [0.05, 0.1) is 0 Å². The van der Waals surface area contributed by atoms with E-state index >= 15 is 0 Å². The fraction of sp³-hybridized carbons (Fsp3) is 0.800. The number of alkyl halides is 3. The van der Waals surface area contributed by atoms with E-state index in [1.54, 1.807) is 5.32 Å². The van der Waals surface area contributed by atoms with Gasteiger partial charge in [-0.15, -0.1) is 0 Å². The van der Waals surface area contributed by atoms with Crippen LogP contribution in [0.15, 0.2) is 0 Å². The number of carbonyl (C=O) groups excluding carboxylic acids is 2. The lowest BCUT2D eigenvalue weighted by Crippen LogP contribution is -2.36. The van der Waals surface area contributed by atoms with Crippen molar-refractivity contribution in [3.63, 3.8) is 0 Å². The Morgan fingerprint density at radius 1 is 1.06 bits per heavy atom. The minimum atomic E-state index is -4.40. The van der Waals surface area contributed by atoms with E-state index < -0.39 is 18.6 Å². The van der Waals surface area contributed by atoms with Gasteiger partial charge < -0.3 is 10.6 Å². The smallest absolute Gasteiger partial charge is 0.356 e. The molecule has 2 amide bonds. The maximum atomic E-state index is 11.7. The van der Waals surface area contributed by atoms with Gasteiger partial charge >= 0.3 is 6.18 Å². The highest BCUT2D eigenvalue weighted by molar-refractivity contribution is 5.78. The van der Waals surface area contributed by atoms with Gasteiger partial charge in [0.2, 0.25) is 11.8 Å². The zero-order chi connectivity index (χ0) is 13.3. The summed E-state index contributed by atoms with van der Waals surface area (Å²) in [5, 5.41) is 4.19. The topological polar surface area (TPSA) is 58.2 Å². The molecule has 0 rings (SSSR count). The Labute approximate surface area is 97.9 Å². The Kier molecular flexibility index (Phi) is 7.32. The van der Waals surface area contributed by atoms with Gasteiger partial charge in [0.1, 0.15) is 6.54 Å². The fourth-order valence-electron chi connectivity index (χ4n) is 1.03. The minimum Gasteiger partial charge on any atom is -0.356 e. The van der Waals surface area contributed by atoms with Crippen molar-refractivity contribution in [3.05, 3.63) is 0 Å². The van der Waals surface area contributed by atoms with Crippen LogP contribution in [0.1, 0.15) is 32.6 Å². The average molecular weight is 254 g/mol. The first-order chi connectivity index (χ1) is 7.85. The Hall–Kier alpha value is -1.27. The molecule has 0 aromatic rings. The van der Waals surface area contributed by atoms with Crippen molar-refractivity contribution in [1.29, 1.82) is 0 Å². The van der Waals surface area contributed by atoms with E-state index in [9.17, 15) is 22.8 Å². The quantitative estimate of drug-likeness (QED) is 0.720. The van der Waals surface area contributed by atoms with Crippen LogP contribution < -0.4 is 10.6 Å². The second-order valence-corrected chi connectivity index (χ2v) is 3.60. The molecule has 0 aliphatic heterocycles. The number of amides is 2. The van der Waals surface area contributed by atoms with Crippen molar-refractivity contribution in [3.8, 4) is 0 Å². The molecule has 4 nitrogen and oxygen atoms in total. The van der Waals surface area contributed by atoms with Crippen LogP contribution in [0, 0.1) is 0 Å². The first-order valence-corrected chi connectivity index (χ1v) is 5.45. The molecule has 0 spiro atoms. The summed E-state index contributed by atoms with van der Waals surface area (Å²) in [7, 11) is 0. The molecule has 0 aliphatic carbocycles. The fourth-order valence-corrected chi connectivity index (χ4v) is 1.03. The van der Waals surface area contributed by atoms with Crippen molar-refractivity contribution in [1.82, 2.24) is 10.6 Å². The predicted octanol–water partition coefficient (Wildman–Crippen LogP) is 1.36. The van der Waals surface area contributed by atoms with E-state index in [0.717, 1.165) is 12.8 Å². The van der Waals surface area contributed by atoms with Crippen molar-refractivity contribution in [2.24, 2.45) is 0 Å². The van der Waals surface area contributed by atoms with E-state index in [1.807, 2.05) is 6.92 Å². The molecule has 17 heavy (non-hydrogen) atoms. The molecule has 0 aromatic heterocycles. The SMILES string of the molecule is CCCCC(=O)NCCC(=O)NCC(F)(F)F. The maximum absolute atomic E-state index is 11.7. The number of hydrogen-bond donors (Lipinski definition) is 2. The van der Waals surface area contributed by atoms with E-state index in [-0.39, 0.29) is 18.9 Å². The van der Waals surface area contributed by atoms with Crippen molar-refractivity contribution in [2.75, 3.05) is 13.1 Å². The highest BCUT2D eigenvalue weighted by Crippen LogP contribution is 2.11. The minimum absolute atomic E-state index is 0.0617. The normalized spacial score (nSPS) is 11.1. The molecule has 0 heterocycles. The highest BCUT2D eigenvalue weighted by atomic mass is 19.4. The van der Waals surface area contributed by atoms with Crippen LogP contribution in [0.4, 0.5) is 13.2 Å². The van der Waals surface area contributed by atoms with Gasteiger partial charge in [-0.05, 0) is 6.42 Å². The highest BCUT2D eigenvalue weighted by Gasteiger charge is 2.27. The Morgan fingerprint density at radius 3 is 2.18 bits per heavy atom. The molecular formula is C10H17F3N2O2. The van der Waals surface area contributed by atoms with Gasteiger partial charge in [-0.2, -0.15) is 13.2 Å². The molecule has 0 radical (unpaired) electrons. The Balaban J connectivity index is 3.54. The lowest BCUT2D eigenvalue weighted by molar-refractivity contribution is -0.138. The van der Waals surface area contributed by atoms with E-state index in [4.69, 9.17) is 0 Å². The van der Waals surface area contributed by atoms with Gasteiger partial charge in [0, 0.05) is 19.4 Å². The Bertz CT molecular complexity index is 254. The summed E-state index contributed by atoms with van der Waals surface area (Å²) >= 11 is 0. The van der Waals surface area contributed by atoms with Crippen LogP contribution in [0.5, 0.6) is 0 Å². The maximum Gasteiger partial charge on any atom is 0.405 e. The van der Waals surface area contributed by atoms with Crippen molar-refractivity contribution in [2.45, 2.75) is 38.8 Å². The molecule has 0 unspecified atom stereocenters. The summed E-state index contributed by atoms with van der Waals surface area (Å²) in [5.41, 5.74) is 0. The third-order valence-electron chi connectivity index (χ3n) is 1.92.